The lowest BCUT2D eigenvalue weighted by Gasteiger charge is -2.04. The zero-order valence-electron chi connectivity index (χ0n) is 13.6. The molecule has 3 aromatic rings. The molecule has 2 aromatic carbocycles. The molecule has 0 aliphatic rings. The number of nitrogens with zero attached hydrogens (tertiary/aromatic N) is 2. The molecule has 1 heterocycles. The predicted octanol–water partition coefficient (Wildman–Crippen LogP) is 4.78. The Balaban J connectivity index is 1.41. The van der Waals surface area contributed by atoms with Crippen LogP contribution in [0.2, 0.25) is 5.02 Å². The van der Waals surface area contributed by atoms with Gasteiger partial charge in [0.15, 0.2) is 6.61 Å². The summed E-state index contributed by atoms with van der Waals surface area (Å²) < 4.78 is 16.8. The van der Waals surface area contributed by atoms with E-state index in [4.69, 9.17) is 25.5 Å². The smallest absolute Gasteiger partial charge is 0.276 e. The molecule has 5 nitrogen and oxygen atoms in total. The minimum absolute atomic E-state index is 0.246. The number of hydrogen-bond donors (Lipinski definition) is 0. The molecule has 0 unspecified atom stereocenters. The van der Waals surface area contributed by atoms with Gasteiger partial charge in [-0.1, -0.05) is 41.6 Å². The van der Waals surface area contributed by atoms with Crippen molar-refractivity contribution in [3.05, 3.63) is 65.0 Å². The van der Waals surface area contributed by atoms with Gasteiger partial charge in [0.1, 0.15) is 11.5 Å². The van der Waals surface area contributed by atoms with Crippen LogP contribution in [0.1, 0.15) is 11.5 Å². The Morgan fingerprint density at radius 2 is 1.84 bits per heavy atom. The van der Waals surface area contributed by atoms with Gasteiger partial charge in [-0.2, -0.15) is 0 Å². The zero-order valence-corrected chi connectivity index (χ0v) is 15.2. The summed E-state index contributed by atoms with van der Waals surface area (Å²) in [6.45, 7) is 2.78. The van der Waals surface area contributed by atoms with Crippen molar-refractivity contribution < 1.29 is 13.9 Å². The van der Waals surface area contributed by atoms with Gasteiger partial charge in [0, 0.05) is 10.8 Å². The Bertz CT molecular complexity index is 825. The summed E-state index contributed by atoms with van der Waals surface area (Å²) in [5.74, 6) is 2.65. The van der Waals surface area contributed by atoms with Crippen molar-refractivity contribution in [2.24, 2.45) is 0 Å². The fraction of sp³-hybridized carbons (Fsp3) is 0.222. The number of rotatable bonds is 8. The zero-order chi connectivity index (χ0) is 17.5. The van der Waals surface area contributed by atoms with E-state index in [1.165, 1.54) is 11.8 Å². The van der Waals surface area contributed by atoms with Crippen molar-refractivity contribution >= 4 is 23.4 Å². The van der Waals surface area contributed by atoms with Crippen molar-refractivity contribution in [3.8, 4) is 11.5 Å². The first-order chi connectivity index (χ1) is 12.2. The fourth-order valence-electron chi connectivity index (χ4n) is 2.05. The molecule has 25 heavy (non-hydrogen) atoms. The molecule has 0 saturated heterocycles. The first-order valence-electron chi connectivity index (χ1n) is 7.72. The standard InChI is InChI=1S/C18H17ClN2O3S/c1-13-4-2-6-15(10-13)23-12-17-20-21-18(24-17)25-9-8-22-16-7-3-5-14(19)11-16/h2-7,10-11H,8-9,12H2,1H3. The van der Waals surface area contributed by atoms with Crippen LogP contribution in [0.25, 0.3) is 0 Å². The molecule has 0 fully saturated rings. The maximum atomic E-state index is 5.91. The molecule has 0 N–H and O–H groups in total. The lowest BCUT2D eigenvalue weighted by atomic mass is 10.2. The molecule has 0 atom stereocenters. The van der Waals surface area contributed by atoms with Crippen LogP contribution >= 0.6 is 23.4 Å². The quantitative estimate of drug-likeness (QED) is 0.416. The van der Waals surface area contributed by atoms with Gasteiger partial charge in [-0.15, -0.1) is 10.2 Å². The summed E-state index contributed by atoms with van der Waals surface area (Å²) in [6, 6.07) is 15.1. The van der Waals surface area contributed by atoms with E-state index in [1.54, 1.807) is 6.07 Å². The van der Waals surface area contributed by atoms with Crippen LogP contribution in [-0.2, 0) is 6.61 Å². The molecule has 0 bridgehead atoms. The monoisotopic (exact) mass is 376 g/mol. The maximum absolute atomic E-state index is 5.91. The predicted molar refractivity (Wildman–Crippen MR) is 97.5 cm³/mol. The van der Waals surface area contributed by atoms with E-state index < -0.39 is 0 Å². The molecule has 0 spiro atoms. The van der Waals surface area contributed by atoms with Crippen LogP contribution in [0, 0.1) is 6.92 Å². The van der Waals surface area contributed by atoms with E-state index in [1.807, 2.05) is 49.4 Å². The highest BCUT2D eigenvalue weighted by atomic mass is 35.5. The number of halogens is 1. The van der Waals surface area contributed by atoms with Crippen molar-refractivity contribution in [1.82, 2.24) is 10.2 Å². The first kappa shape index (κ1) is 17.6. The lowest BCUT2D eigenvalue weighted by Crippen LogP contribution is -1.99. The van der Waals surface area contributed by atoms with Gasteiger partial charge in [-0.25, -0.2) is 0 Å². The molecule has 7 heteroatoms. The minimum Gasteiger partial charge on any atom is -0.493 e. The summed E-state index contributed by atoms with van der Waals surface area (Å²) in [6.07, 6.45) is 0. The van der Waals surface area contributed by atoms with E-state index in [-0.39, 0.29) is 6.61 Å². The Hall–Kier alpha value is -2.18. The van der Waals surface area contributed by atoms with Crippen LogP contribution in [0.15, 0.2) is 58.2 Å². The summed E-state index contributed by atoms with van der Waals surface area (Å²) in [5, 5.41) is 9.13. The number of thioether (sulfide) groups is 1. The van der Waals surface area contributed by atoms with E-state index in [0.717, 1.165) is 17.1 Å². The largest absolute Gasteiger partial charge is 0.493 e. The van der Waals surface area contributed by atoms with E-state index in [0.29, 0.717) is 28.5 Å². The van der Waals surface area contributed by atoms with Crippen molar-refractivity contribution in [2.75, 3.05) is 12.4 Å². The van der Waals surface area contributed by atoms with E-state index >= 15 is 0 Å². The molecule has 0 aliphatic carbocycles. The van der Waals surface area contributed by atoms with Gasteiger partial charge in [-0.3, -0.25) is 0 Å². The van der Waals surface area contributed by atoms with Gasteiger partial charge in [-0.05, 0) is 42.8 Å². The molecule has 0 amide bonds. The van der Waals surface area contributed by atoms with E-state index in [2.05, 4.69) is 10.2 Å². The fourth-order valence-corrected chi connectivity index (χ4v) is 2.83. The third-order valence-corrected chi connectivity index (χ3v) is 4.19. The Labute approximate surface area is 155 Å². The Morgan fingerprint density at radius 3 is 2.64 bits per heavy atom. The first-order valence-corrected chi connectivity index (χ1v) is 9.08. The lowest BCUT2D eigenvalue weighted by molar-refractivity contribution is 0.252. The number of benzene rings is 2. The number of aryl methyl sites for hydroxylation is 1. The molecule has 130 valence electrons. The summed E-state index contributed by atoms with van der Waals surface area (Å²) in [7, 11) is 0. The van der Waals surface area contributed by atoms with E-state index in [9.17, 15) is 0 Å². The van der Waals surface area contributed by atoms with Gasteiger partial charge in [0.05, 0.1) is 6.61 Å². The normalized spacial score (nSPS) is 10.6. The molecule has 0 aliphatic heterocycles. The molecule has 1 aromatic heterocycles. The van der Waals surface area contributed by atoms with Gasteiger partial charge < -0.3 is 13.9 Å². The third-order valence-electron chi connectivity index (χ3n) is 3.17. The molecule has 0 radical (unpaired) electrons. The van der Waals surface area contributed by atoms with Gasteiger partial charge in [0.2, 0.25) is 0 Å². The van der Waals surface area contributed by atoms with Crippen LogP contribution < -0.4 is 9.47 Å². The molecular weight excluding hydrogens is 360 g/mol. The molecule has 0 saturated carbocycles. The Morgan fingerprint density at radius 1 is 1.04 bits per heavy atom. The van der Waals surface area contributed by atoms with Crippen LogP contribution in [0.3, 0.4) is 0 Å². The number of hydrogen-bond acceptors (Lipinski definition) is 6. The highest BCUT2D eigenvalue weighted by Gasteiger charge is 2.08. The summed E-state index contributed by atoms with van der Waals surface area (Å²) in [4.78, 5) is 0. The van der Waals surface area contributed by atoms with Crippen LogP contribution in [0.5, 0.6) is 11.5 Å². The SMILES string of the molecule is Cc1cccc(OCc2nnc(SCCOc3cccc(Cl)c3)o2)c1. The number of ether oxygens (including phenoxy) is 2. The average Bonchev–Trinajstić information content (AvgIpc) is 3.05. The number of aromatic nitrogens is 2. The van der Waals surface area contributed by atoms with Gasteiger partial charge >= 0.3 is 0 Å². The second kappa shape index (κ2) is 8.78. The van der Waals surface area contributed by atoms with Gasteiger partial charge in [0.25, 0.3) is 11.1 Å². The average molecular weight is 377 g/mol. The summed E-state index contributed by atoms with van der Waals surface area (Å²) in [5.41, 5.74) is 1.14. The maximum Gasteiger partial charge on any atom is 0.276 e. The highest BCUT2D eigenvalue weighted by molar-refractivity contribution is 7.99. The molecular formula is C18H17ClN2O3S. The second-order valence-corrected chi connectivity index (χ2v) is 6.70. The summed E-state index contributed by atoms with van der Waals surface area (Å²) >= 11 is 7.34. The third kappa shape index (κ3) is 5.69. The minimum atomic E-state index is 0.246. The van der Waals surface area contributed by atoms with Crippen molar-refractivity contribution in [2.45, 2.75) is 18.8 Å². The van der Waals surface area contributed by atoms with Crippen molar-refractivity contribution in [1.29, 1.82) is 0 Å². The Kier molecular flexibility index (Phi) is 6.19. The van der Waals surface area contributed by atoms with Crippen LogP contribution in [-0.4, -0.2) is 22.6 Å². The van der Waals surface area contributed by atoms with Crippen molar-refractivity contribution in [3.63, 3.8) is 0 Å². The highest BCUT2D eigenvalue weighted by Crippen LogP contribution is 2.20. The topological polar surface area (TPSA) is 57.4 Å². The molecule has 3 rings (SSSR count). The van der Waals surface area contributed by atoms with Crippen LogP contribution in [0.4, 0.5) is 0 Å². The second-order valence-electron chi connectivity index (χ2n) is 5.22.